The summed E-state index contributed by atoms with van der Waals surface area (Å²) in [6.07, 6.45) is -4.70. The summed E-state index contributed by atoms with van der Waals surface area (Å²) in [6, 6.07) is 0.463. The van der Waals surface area contributed by atoms with Gasteiger partial charge in [0.25, 0.3) is 0 Å². The lowest BCUT2D eigenvalue weighted by atomic mass is 10.1. The molecule has 0 atom stereocenters. The van der Waals surface area contributed by atoms with Crippen LogP contribution in [0.25, 0.3) is 0 Å². The highest BCUT2D eigenvalue weighted by molar-refractivity contribution is 9.10. The average molecular weight is 275 g/mol. The lowest BCUT2D eigenvalue weighted by molar-refractivity contribution is -0.138. The Morgan fingerprint density at radius 1 is 1.21 bits per heavy atom. The van der Waals surface area contributed by atoms with E-state index in [4.69, 9.17) is 0 Å². The van der Waals surface area contributed by atoms with Gasteiger partial charge in [0.15, 0.2) is 11.6 Å². The van der Waals surface area contributed by atoms with Crippen molar-refractivity contribution in [1.82, 2.24) is 0 Å². The molecular formula is C8H4BrF5. The van der Waals surface area contributed by atoms with Crippen LogP contribution in [0.2, 0.25) is 0 Å². The first kappa shape index (κ1) is 11.4. The Balaban J connectivity index is 3.53. The SMILES string of the molecule is Cc1c(F)c(F)cc(Br)c1C(F)(F)F. The minimum atomic E-state index is -4.70. The van der Waals surface area contributed by atoms with Crippen molar-refractivity contribution >= 4 is 15.9 Å². The van der Waals surface area contributed by atoms with E-state index in [9.17, 15) is 22.0 Å². The zero-order valence-electron chi connectivity index (χ0n) is 6.85. The van der Waals surface area contributed by atoms with Crippen LogP contribution in [0.3, 0.4) is 0 Å². The Bertz CT molecular complexity index is 369. The molecule has 0 nitrogen and oxygen atoms in total. The molecule has 0 saturated carbocycles. The number of hydrogen-bond acceptors (Lipinski definition) is 0. The molecule has 0 unspecified atom stereocenters. The summed E-state index contributed by atoms with van der Waals surface area (Å²) in [5.74, 6) is -2.78. The van der Waals surface area contributed by atoms with E-state index in [1.165, 1.54) is 0 Å². The van der Waals surface area contributed by atoms with Crippen LogP contribution in [0.5, 0.6) is 0 Å². The van der Waals surface area contributed by atoms with Crippen molar-refractivity contribution in [2.45, 2.75) is 13.1 Å². The Hall–Kier alpha value is -0.650. The standard InChI is InChI=1S/C8H4BrF5/c1-3-6(8(12,13)14)4(9)2-5(10)7(3)11/h2H,1H3. The summed E-state index contributed by atoms with van der Waals surface area (Å²) >= 11 is 2.54. The van der Waals surface area contributed by atoms with E-state index in [0.29, 0.717) is 6.07 Å². The van der Waals surface area contributed by atoms with E-state index in [2.05, 4.69) is 15.9 Å². The highest BCUT2D eigenvalue weighted by atomic mass is 79.9. The monoisotopic (exact) mass is 274 g/mol. The molecule has 0 heterocycles. The van der Waals surface area contributed by atoms with E-state index in [1.807, 2.05) is 0 Å². The van der Waals surface area contributed by atoms with Gasteiger partial charge in [0.2, 0.25) is 0 Å². The van der Waals surface area contributed by atoms with Crippen LogP contribution in [0.1, 0.15) is 11.1 Å². The van der Waals surface area contributed by atoms with Crippen LogP contribution in [-0.2, 0) is 6.18 Å². The summed E-state index contributed by atoms with van der Waals surface area (Å²) in [5.41, 5.74) is -1.93. The van der Waals surface area contributed by atoms with Crippen molar-refractivity contribution < 1.29 is 22.0 Å². The maximum absolute atomic E-state index is 12.8. The minimum Gasteiger partial charge on any atom is -0.204 e. The highest BCUT2D eigenvalue weighted by Crippen LogP contribution is 2.38. The van der Waals surface area contributed by atoms with Gasteiger partial charge in [-0.15, -0.1) is 0 Å². The first-order chi connectivity index (χ1) is 6.25. The average Bonchev–Trinajstić information content (AvgIpc) is 1.97. The summed E-state index contributed by atoms with van der Waals surface area (Å²) in [5, 5.41) is 0. The topological polar surface area (TPSA) is 0 Å². The molecule has 0 bridgehead atoms. The molecule has 0 amide bonds. The second kappa shape index (κ2) is 3.49. The summed E-state index contributed by atoms with van der Waals surface area (Å²) < 4.78 is 61.8. The molecular weight excluding hydrogens is 271 g/mol. The van der Waals surface area contributed by atoms with Crippen LogP contribution in [0.4, 0.5) is 22.0 Å². The summed E-state index contributed by atoms with van der Waals surface area (Å²) in [6.45, 7) is 0.881. The quantitative estimate of drug-likeness (QED) is 0.495. The Morgan fingerprint density at radius 2 is 1.71 bits per heavy atom. The fourth-order valence-corrected chi connectivity index (χ4v) is 1.79. The Morgan fingerprint density at radius 3 is 2.14 bits per heavy atom. The molecule has 14 heavy (non-hydrogen) atoms. The van der Waals surface area contributed by atoms with E-state index in [-0.39, 0.29) is 0 Å². The molecule has 1 rings (SSSR count). The zero-order valence-corrected chi connectivity index (χ0v) is 8.43. The maximum Gasteiger partial charge on any atom is 0.417 e. The van der Waals surface area contributed by atoms with Crippen LogP contribution in [-0.4, -0.2) is 0 Å². The molecule has 1 aromatic carbocycles. The molecule has 0 aliphatic rings. The molecule has 0 spiro atoms. The second-order valence-electron chi connectivity index (χ2n) is 2.65. The van der Waals surface area contributed by atoms with Gasteiger partial charge in [-0.3, -0.25) is 0 Å². The van der Waals surface area contributed by atoms with Gasteiger partial charge in [0.05, 0.1) is 5.56 Å². The van der Waals surface area contributed by atoms with Crippen molar-refractivity contribution in [3.63, 3.8) is 0 Å². The molecule has 0 saturated heterocycles. The Labute approximate surface area is 84.9 Å². The van der Waals surface area contributed by atoms with Gasteiger partial charge in [0.1, 0.15) is 0 Å². The third-order valence-corrected chi connectivity index (χ3v) is 2.32. The number of halogens is 6. The molecule has 6 heteroatoms. The van der Waals surface area contributed by atoms with Crippen molar-refractivity contribution in [2.24, 2.45) is 0 Å². The van der Waals surface area contributed by atoms with Gasteiger partial charge in [-0.25, -0.2) is 8.78 Å². The predicted octanol–water partition coefficient (Wildman–Crippen LogP) is 4.05. The maximum atomic E-state index is 12.8. The minimum absolute atomic E-state index is 0.463. The zero-order chi connectivity index (χ0) is 11.1. The van der Waals surface area contributed by atoms with E-state index in [1.54, 1.807) is 0 Å². The third-order valence-electron chi connectivity index (χ3n) is 1.69. The van der Waals surface area contributed by atoms with Crippen molar-refractivity contribution in [3.8, 4) is 0 Å². The Kier molecular flexibility index (Phi) is 2.85. The normalized spacial score (nSPS) is 11.9. The van der Waals surface area contributed by atoms with Gasteiger partial charge in [-0.2, -0.15) is 13.2 Å². The highest BCUT2D eigenvalue weighted by Gasteiger charge is 2.36. The van der Waals surface area contributed by atoms with Gasteiger partial charge in [0, 0.05) is 10.0 Å². The van der Waals surface area contributed by atoms with Gasteiger partial charge >= 0.3 is 6.18 Å². The lowest BCUT2D eigenvalue weighted by Crippen LogP contribution is -2.11. The molecule has 78 valence electrons. The summed E-state index contributed by atoms with van der Waals surface area (Å²) in [4.78, 5) is 0. The van der Waals surface area contributed by atoms with E-state index < -0.39 is 33.4 Å². The molecule has 0 radical (unpaired) electrons. The fourth-order valence-electron chi connectivity index (χ4n) is 1.06. The van der Waals surface area contributed by atoms with Crippen LogP contribution in [0.15, 0.2) is 10.5 Å². The number of alkyl halides is 3. The van der Waals surface area contributed by atoms with Crippen LogP contribution >= 0.6 is 15.9 Å². The summed E-state index contributed by atoms with van der Waals surface area (Å²) in [7, 11) is 0. The third kappa shape index (κ3) is 1.89. The smallest absolute Gasteiger partial charge is 0.204 e. The molecule has 0 N–H and O–H groups in total. The van der Waals surface area contributed by atoms with E-state index >= 15 is 0 Å². The number of benzene rings is 1. The van der Waals surface area contributed by atoms with Crippen molar-refractivity contribution in [1.29, 1.82) is 0 Å². The van der Waals surface area contributed by atoms with Crippen LogP contribution in [0, 0.1) is 18.6 Å². The first-order valence-corrected chi connectivity index (χ1v) is 4.25. The fraction of sp³-hybridized carbons (Fsp3) is 0.250. The molecule has 0 aliphatic carbocycles. The molecule has 0 aromatic heterocycles. The first-order valence-electron chi connectivity index (χ1n) is 3.46. The van der Waals surface area contributed by atoms with Crippen molar-refractivity contribution in [2.75, 3.05) is 0 Å². The number of hydrogen-bond donors (Lipinski definition) is 0. The second-order valence-corrected chi connectivity index (χ2v) is 3.51. The van der Waals surface area contributed by atoms with E-state index in [0.717, 1.165) is 6.92 Å². The van der Waals surface area contributed by atoms with Crippen LogP contribution < -0.4 is 0 Å². The molecule has 0 fully saturated rings. The van der Waals surface area contributed by atoms with Crippen molar-refractivity contribution in [3.05, 3.63) is 33.3 Å². The molecule has 1 aromatic rings. The largest absolute Gasteiger partial charge is 0.417 e. The lowest BCUT2D eigenvalue weighted by Gasteiger charge is -2.13. The predicted molar refractivity (Wildman–Crippen MR) is 43.8 cm³/mol. The van der Waals surface area contributed by atoms with Gasteiger partial charge in [-0.1, -0.05) is 15.9 Å². The van der Waals surface area contributed by atoms with Gasteiger partial charge in [-0.05, 0) is 13.0 Å². The van der Waals surface area contributed by atoms with Gasteiger partial charge < -0.3 is 0 Å². The molecule has 0 aliphatic heterocycles. The number of rotatable bonds is 0.